The fraction of sp³-hybridized carbons (Fsp3) is 0.489. The number of hydrogen-bond acceptors (Lipinski definition) is 12. The van der Waals surface area contributed by atoms with Gasteiger partial charge in [-0.2, -0.15) is 5.10 Å². The number of imidazole rings is 1. The summed E-state index contributed by atoms with van der Waals surface area (Å²) < 4.78 is 47.3. The molecule has 5 aliphatic rings. The molecule has 3 saturated heterocycles. The number of piperazine rings is 1. The minimum absolute atomic E-state index is 0.0652. The SMILES string of the molecule is COC[C@@H]1CN(c2ccc3nc4n(c3c2)C[C@@H]2CC[C@H](COc3c(cnn3C)-c3cc(cc(C)n3)C(=O)N4)C2)CCN1C1CCN(c2c(F)cc(NC3CCC(=O)NC3=O)cc2F)CC1. The third kappa shape index (κ3) is 8.60. The maximum atomic E-state index is 15.6. The van der Waals surface area contributed by atoms with Crippen LogP contribution in [-0.2, 0) is 27.9 Å². The minimum atomic E-state index is -0.739. The molecule has 0 spiro atoms. The zero-order valence-electron chi connectivity index (χ0n) is 37.0. The summed E-state index contributed by atoms with van der Waals surface area (Å²) in [6, 6.07) is 11.9. The molecular formula is C47H55F2N11O5. The van der Waals surface area contributed by atoms with E-state index in [1.54, 1.807) is 35.0 Å². The molecule has 2 aromatic carbocycles. The molecule has 5 aromatic rings. The first-order valence-corrected chi connectivity index (χ1v) is 22.8. The first-order chi connectivity index (χ1) is 31.5. The topological polar surface area (TPSA) is 164 Å². The van der Waals surface area contributed by atoms with Gasteiger partial charge in [0.05, 0.1) is 47.7 Å². The van der Waals surface area contributed by atoms with Crippen LogP contribution in [-0.4, -0.2) is 118 Å². The number of hydrogen-bond donors (Lipinski definition) is 3. The molecule has 1 saturated carbocycles. The summed E-state index contributed by atoms with van der Waals surface area (Å²) in [6.07, 6.45) is 6.70. The molecule has 7 heterocycles. The average molecular weight is 892 g/mol. The van der Waals surface area contributed by atoms with Crippen LogP contribution >= 0.6 is 0 Å². The Bertz CT molecular complexity index is 2620. The quantitative estimate of drug-likeness (QED) is 0.176. The zero-order valence-corrected chi connectivity index (χ0v) is 37.0. The van der Waals surface area contributed by atoms with Crippen molar-refractivity contribution in [2.75, 3.05) is 73.5 Å². The Hall–Kier alpha value is -6.14. The number of pyridine rings is 1. The van der Waals surface area contributed by atoms with E-state index in [1.807, 2.05) is 20.0 Å². The van der Waals surface area contributed by atoms with Crippen LogP contribution < -0.4 is 30.5 Å². The van der Waals surface area contributed by atoms with Gasteiger partial charge in [0.1, 0.15) is 11.7 Å². The second-order valence-electron chi connectivity index (χ2n) is 18.3. The third-order valence-electron chi connectivity index (χ3n) is 14.0. The van der Waals surface area contributed by atoms with Crippen LogP contribution in [0.25, 0.3) is 22.3 Å². The Morgan fingerprint density at radius 1 is 0.892 bits per heavy atom. The number of nitrogens with zero attached hydrogens (tertiary/aromatic N) is 8. The summed E-state index contributed by atoms with van der Waals surface area (Å²) in [7, 11) is 3.58. The predicted molar refractivity (Wildman–Crippen MR) is 241 cm³/mol. The number of halogens is 2. The van der Waals surface area contributed by atoms with Crippen LogP contribution in [0.1, 0.15) is 61.0 Å². The third-order valence-corrected chi connectivity index (χ3v) is 14.0. The molecule has 16 nitrogen and oxygen atoms in total. The number of amides is 3. The van der Waals surface area contributed by atoms with Crippen LogP contribution in [0.5, 0.6) is 5.88 Å². The van der Waals surface area contributed by atoms with E-state index in [0.29, 0.717) is 73.5 Å². The summed E-state index contributed by atoms with van der Waals surface area (Å²) in [5.74, 6) is -0.598. The van der Waals surface area contributed by atoms with Gasteiger partial charge in [-0.15, -0.1) is 0 Å². The highest BCUT2D eigenvalue weighted by Crippen LogP contribution is 2.38. The van der Waals surface area contributed by atoms with Crippen molar-refractivity contribution in [3.63, 3.8) is 0 Å². The average Bonchev–Trinajstić information content (AvgIpc) is 3.99. The van der Waals surface area contributed by atoms with Crippen molar-refractivity contribution < 1.29 is 32.6 Å². The molecule has 342 valence electrons. The molecule has 4 bridgehead atoms. The number of fused-ring (bicyclic) bond motifs is 9. The zero-order chi connectivity index (χ0) is 44.9. The van der Waals surface area contributed by atoms with Crippen molar-refractivity contribution in [2.24, 2.45) is 18.9 Å². The number of ether oxygens (including phenoxy) is 2. The Balaban J connectivity index is 0.848. The molecule has 18 heteroatoms. The second-order valence-corrected chi connectivity index (χ2v) is 18.3. The summed E-state index contributed by atoms with van der Waals surface area (Å²) >= 11 is 0. The lowest BCUT2D eigenvalue weighted by Gasteiger charge is -2.48. The van der Waals surface area contributed by atoms with Gasteiger partial charge in [-0.3, -0.25) is 34.9 Å². The van der Waals surface area contributed by atoms with Gasteiger partial charge in [-0.05, 0) is 99.7 Å². The van der Waals surface area contributed by atoms with E-state index in [-0.39, 0.29) is 48.1 Å². The Morgan fingerprint density at radius 3 is 2.48 bits per heavy atom. The second kappa shape index (κ2) is 17.7. The number of piperidine rings is 2. The fourth-order valence-electron chi connectivity index (χ4n) is 10.8. The van der Waals surface area contributed by atoms with Crippen molar-refractivity contribution in [1.82, 2.24) is 34.5 Å². The number of imide groups is 1. The predicted octanol–water partition coefficient (Wildman–Crippen LogP) is 5.50. The highest BCUT2D eigenvalue weighted by Gasteiger charge is 2.36. The summed E-state index contributed by atoms with van der Waals surface area (Å²) in [5.41, 5.74) is 5.49. The molecule has 0 radical (unpaired) electrons. The number of carbonyl (C=O) groups excluding carboxylic acids is 3. The minimum Gasteiger partial charge on any atom is -0.477 e. The van der Waals surface area contributed by atoms with Crippen molar-refractivity contribution >= 4 is 51.8 Å². The molecule has 4 atom stereocenters. The van der Waals surface area contributed by atoms with Crippen LogP contribution in [0.2, 0.25) is 0 Å². The molecule has 3 aromatic heterocycles. The highest BCUT2D eigenvalue weighted by atomic mass is 19.1. The maximum absolute atomic E-state index is 15.6. The molecule has 1 aliphatic carbocycles. The standard InChI is InChI=1S/C47H55F2N11O5/c1-27-16-30-18-40(51-27)35-22-50-56(2)46(35)65-25-29-5-4-28(17-29)23-60-41-21-33(6-7-38(41)53-47(60)55-44(30)62)58-14-15-59(34(24-58)26-64-3)32-10-12-57(13-11-32)43-36(48)19-31(20-37(43)49)52-39-8-9-42(61)54-45(39)63/h6-7,16,18-22,28-29,32,34,39,52H,4-5,8-15,17,23-26H2,1-3H3,(H,53,55,62)(H,54,61,63)/t28-,29+,34+,39?/m1/s1. The molecule has 4 aliphatic heterocycles. The molecular weight excluding hydrogens is 837 g/mol. The number of aromatic nitrogens is 5. The van der Waals surface area contributed by atoms with E-state index in [9.17, 15) is 14.4 Å². The largest absolute Gasteiger partial charge is 0.477 e. The van der Waals surface area contributed by atoms with E-state index in [0.717, 1.165) is 74.0 Å². The van der Waals surface area contributed by atoms with E-state index in [1.165, 1.54) is 12.1 Å². The van der Waals surface area contributed by atoms with Crippen molar-refractivity contribution in [1.29, 1.82) is 0 Å². The van der Waals surface area contributed by atoms with Crippen LogP contribution in [0.3, 0.4) is 0 Å². The number of benzene rings is 2. The lowest BCUT2D eigenvalue weighted by molar-refractivity contribution is -0.133. The first kappa shape index (κ1) is 42.8. The first-order valence-electron chi connectivity index (χ1n) is 22.8. The monoisotopic (exact) mass is 891 g/mol. The summed E-state index contributed by atoms with van der Waals surface area (Å²) in [4.78, 5) is 54.2. The van der Waals surface area contributed by atoms with E-state index < -0.39 is 23.6 Å². The molecule has 1 unspecified atom stereocenters. The summed E-state index contributed by atoms with van der Waals surface area (Å²) in [5, 5.41) is 12.8. The molecule has 65 heavy (non-hydrogen) atoms. The highest BCUT2D eigenvalue weighted by molar-refractivity contribution is 6.05. The lowest BCUT2D eigenvalue weighted by Crippen LogP contribution is -2.60. The van der Waals surface area contributed by atoms with Crippen LogP contribution in [0, 0.1) is 30.4 Å². The van der Waals surface area contributed by atoms with Gasteiger partial charge in [-0.25, -0.2) is 18.4 Å². The fourth-order valence-corrected chi connectivity index (χ4v) is 10.8. The van der Waals surface area contributed by atoms with E-state index >= 15 is 8.78 Å². The Morgan fingerprint density at radius 2 is 1.69 bits per heavy atom. The number of rotatable bonds is 7. The molecule has 10 rings (SSSR count). The van der Waals surface area contributed by atoms with Crippen molar-refractivity contribution in [3.8, 4) is 17.1 Å². The number of anilines is 4. The van der Waals surface area contributed by atoms with Crippen LogP contribution in [0.4, 0.5) is 31.8 Å². The van der Waals surface area contributed by atoms with Gasteiger partial charge in [-0.1, -0.05) is 0 Å². The Labute approximate surface area is 375 Å². The smallest absolute Gasteiger partial charge is 0.258 e. The van der Waals surface area contributed by atoms with Crippen LogP contribution in [0.15, 0.2) is 48.7 Å². The number of nitrogens with one attached hydrogen (secondary N) is 3. The van der Waals surface area contributed by atoms with Crippen molar-refractivity contribution in [2.45, 2.75) is 76.5 Å². The van der Waals surface area contributed by atoms with Gasteiger partial charge in [0.25, 0.3) is 5.91 Å². The van der Waals surface area contributed by atoms with Gasteiger partial charge >= 0.3 is 0 Å². The van der Waals surface area contributed by atoms with Gasteiger partial charge in [0.2, 0.25) is 23.6 Å². The van der Waals surface area contributed by atoms with Gasteiger partial charge < -0.3 is 29.2 Å². The number of aryl methyl sites for hydroxylation is 2. The molecule has 3 N–H and O–H groups in total. The maximum Gasteiger partial charge on any atom is 0.258 e. The van der Waals surface area contributed by atoms with E-state index in [4.69, 9.17) is 19.4 Å². The van der Waals surface area contributed by atoms with Gasteiger partial charge in [0, 0.05) is 88.5 Å². The van der Waals surface area contributed by atoms with E-state index in [2.05, 4.69) is 47.5 Å². The molecule has 4 fully saturated rings. The summed E-state index contributed by atoms with van der Waals surface area (Å²) in [6.45, 7) is 6.96. The molecule has 3 amide bonds. The lowest BCUT2D eigenvalue weighted by atomic mass is 9.98. The van der Waals surface area contributed by atoms with Gasteiger partial charge in [0.15, 0.2) is 11.6 Å². The Kier molecular flexibility index (Phi) is 11.6. The normalized spacial score (nSPS) is 23.3. The number of carbonyl (C=O) groups is 3. The number of methoxy groups -OCH3 is 1. The van der Waals surface area contributed by atoms with Crippen molar-refractivity contribution in [3.05, 3.63) is 71.6 Å².